The fraction of sp³-hybridized carbons (Fsp3) is 0.500. The highest BCUT2D eigenvalue weighted by molar-refractivity contribution is 7.90. The number of hydrogen-bond acceptors (Lipinski definition) is 5. The first-order valence-electron chi connectivity index (χ1n) is 5.57. The van der Waals surface area contributed by atoms with Crippen LogP contribution in [0.1, 0.15) is 11.5 Å². The van der Waals surface area contributed by atoms with Crippen LogP contribution in [0.4, 0.5) is 0 Å². The molecule has 0 aliphatic carbocycles. The van der Waals surface area contributed by atoms with E-state index in [4.69, 9.17) is 10.5 Å². The second kappa shape index (κ2) is 6.17. The summed E-state index contributed by atoms with van der Waals surface area (Å²) in [5.74, 6) is 0.0127. The van der Waals surface area contributed by atoms with Crippen molar-refractivity contribution in [3.8, 4) is 5.75 Å². The van der Waals surface area contributed by atoms with Crippen LogP contribution < -0.4 is 10.5 Å². The van der Waals surface area contributed by atoms with Gasteiger partial charge in [0.15, 0.2) is 0 Å². The van der Waals surface area contributed by atoms with E-state index in [1.54, 1.807) is 31.4 Å². The molecule has 0 saturated heterocycles. The van der Waals surface area contributed by atoms with Crippen LogP contribution >= 0.6 is 0 Å². The second-order valence-corrected chi connectivity index (χ2v) is 6.46. The third kappa shape index (κ3) is 4.29. The summed E-state index contributed by atoms with van der Waals surface area (Å²) in [5.41, 5.74) is 6.41. The molecule has 0 amide bonds. The molecule has 18 heavy (non-hydrogen) atoms. The van der Waals surface area contributed by atoms with Crippen LogP contribution in [0.5, 0.6) is 5.75 Å². The van der Waals surface area contributed by atoms with E-state index >= 15 is 0 Å². The van der Waals surface area contributed by atoms with Crippen molar-refractivity contribution in [2.24, 2.45) is 5.73 Å². The van der Waals surface area contributed by atoms with E-state index < -0.39 is 21.9 Å². The fourth-order valence-corrected chi connectivity index (χ4v) is 2.65. The summed E-state index contributed by atoms with van der Waals surface area (Å²) in [5, 5.41) is 9.93. The zero-order valence-corrected chi connectivity index (χ0v) is 11.4. The summed E-state index contributed by atoms with van der Waals surface area (Å²) in [7, 11) is -1.67. The van der Waals surface area contributed by atoms with Crippen LogP contribution in [0, 0.1) is 0 Å². The Bertz CT molecular complexity index is 469. The standard InChI is InChI=1S/C12H19NO4S/c1-17-10-5-3-9(4-6-10)11(7-13)12(14)8-18(2,15)16/h3-6,11-12,14H,7-8,13H2,1-2H3. The van der Waals surface area contributed by atoms with Crippen molar-refractivity contribution in [1.29, 1.82) is 0 Å². The average Bonchev–Trinajstić information content (AvgIpc) is 2.28. The Labute approximate surface area is 107 Å². The van der Waals surface area contributed by atoms with Crippen molar-refractivity contribution in [3.05, 3.63) is 29.8 Å². The van der Waals surface area contributed by atoms with E-state index in [2.05, 4.69) is 0 Å². The molecule has 0 aromatic heterocycles. The SMILES string of the molecule is COc1ccc(C(CN)C(O)CS(C)(=O)=O)cc1. The first kappa shape index (κ1) is 14.9. The molecule has 0 bridgehead atoms. The Morgan fingerprint density at radius 3 is 2.28 bits per heavy atom. The Morgan fingerprint density at radius 1 is 1.33 bits per heavy atom. The molecule has 0 heterocycles. The maximum atomic E-state index is 11.2. The molecule has 2 atom stereocenters. The maximum absolute atomic E-state index is 11.2. The monoisotopic (exact) mass is 273 g/mol. The van der Waals surface area contributed by atoms with E-state index in [0.717, 1.165) is 11.8 Å². The molecule has 102 valence electrons. The lowest BCUT2D eigenvalue weighted by atomic mass is 9.94. The quantitative estimate of drug-likeness (QED) is 0.769. The topological polar surface area (TPSA) is 89.6 Å². The first-order chi connectivity index (χ1) is 8.37. The lowest BCUT2D eigenvalue weighted by molar-refractivity contribution is 0.167. The highest BCUT2D eigenvalue weighted by Gasteiger charge is 2.23. The number of hydrogen-bond donors (Lipinski definition) is 2. The van der Waals surface area contributed by atoms with Gasteiger partial charge in [-0.3, -0.25) is 0 Å². The Balaban J connectivity index is 2.87. The van der Waals surface area contributed by atoms with Crippen molar-refractivity contribution < 1.29 is 18.3 Å². The maximum Gasteiger partial charge on any atom is 0.150 e. The van der Waals surface area contributed by atoms with Crippen molar-refractivity contribution in [3.63, 3.8) is 0 Å². The molecule has 0 aliphatic heterocycles. The van der Waals surface area contributed by atoms with Gasteiger partial charge in [0.05, 0.1) is 19.0 Å². The predicted molar refractivity (Wildman–Crippen MR) is 70.5 cm³/mol. The molecule has 1 aromatic carbocycles. The summed E-state index contributed by atoms with van der Waals surface area (Å²) >= 11 is 0. The Hall–Kier alpha value is -1.11. The molecular formula is C12H19NO4S. The Morgan fingerprint density at radius 2 is 1.89 bits per heavy atom. The number of sulfone groups is 1. The van der Waals surface area contributed by atoms with Crippen LogP contribution in [0.25, 0.3) is 0 Å². The molecule has 0 saturated carbocycles. The minimum atomic E-state index is -3.23. The smallest absolute Gasteiger partial charge is 0.150 e. The number of rotatable bonds is 6. The van der Waals surface area contributed by atoms with Gasteiger partial charge in [-0.1, -0.05) is 12.1 Å². The lowest BCUT2D eigenvalue weighted by Crippen LogP contribution is -2.31. The van der Waals surface area contributed by atoms with Gasteiger partial charge in [-0.25, -0.2) is 8.42 Å². The van der Waals surface area contributed by atoms with Crippen molar-refractivity contribution in [1.82, 2.24) is 0 Å². The number of methoxy groups -OCH3 is 1. The van der Waals surface area contributed by atoms with E-state index in [9.17, 15) is 13.5 Å². The molecular weight excluding hydrogens is 254 g/mol. The van der Waals surface area contributed by atoms with Crippen molar-refractivity contribution in [2.45, 2.75) is 12.0 Å². The normalized spacial score (nSPS) is 15.1. The molecule has 2 unspecified atom stereocenters. The zero-order chi connectivity index (χ0) is 13.8. The molecule has 0 aliphatic rings. The number of nitrogens with two attached hydrogens (primary N) is 1. The van der Waals surface area contributed by atoms with Gasteiger partial charge in [-0.05, 0) is 17.7 Å². The van der Waals surface area contributed by atoms with Crippen LogP contribution in [0.15, 0.2) is 24.3 Å². The molecule has 1 rings (SSSR count). The third-order valence-electron chi connectivity index (χ3n) is 2.74. The summed E-state index contributed by atoms with van der Waals surface area (Å²) in [6.45, 7) is 0.184. The molecule has 3 N–H and O–H groups in total. The van der Waals surface area contributed by atoms with Gasteiger partial charge >= 0.3 is 0 Å². The lowest BCUT2D eigenvalue weighted by Gasteiger charge is -2.21. The summed E-state index contributed by atoms with van der Waals surface area (Å²) < 4.78 is 27.4. The minimum absolute atomic E-state index is 0.184. The highest BCUT2D eigenvalue weighted by atomic mass is 32.2. The highest BCUT2D eigenvalue weighted by Crippen LogP contribution is 2.22. The first-order valence-corrected chi connectivity index (χ1v) is 7.63. The van der Waals surface area contributed by atoms with Crippen LogP contribution in [0.3, 0.4) is 0 Å². The summed E-state index contributed by atoms with van der Waals surface area (Å²) in [4.78, 5) is 0. The number of aliphatic hydroxyl groups excluding tert-OH is 1. The van der Waals surface area contributed by atoms with Gasteiger partial charge in [-0.15, -0.1) is 0 Å². The Kier molecular flexibility index (Phi) is 5.13. The van der Waals surface area contributed by atoms with Gasteiger partial charge in [-0.2, -0.15) is 0 Å². The minimum Gasteiger partial charge on any atom is -0.497 e. The van der Waals surface area contributed by atoms with Gasteiger partial charge in [0, 0.05) is 18.7 Å². The zero-order valence-electron chi connectivity index (χ0n) is 10.5. The van der Waals surface area contributed by atoms with E-state index in [0.29, 0.717) is 5.75 Å². The van der Waals surface area contributed by atoms with Crippen molar-refractivity contribution in [2.75, 3.05) is 25.7 Å². The molecule has 5 nitrogen and oxygen atoms in total. The van der Waals surface area contributed by atoms with Crippen LogP contribution in [-0.2, 0) is 9.84 Å². The molecule has 0 fully saturated rings. The molecule has 6 heteroatoms. The van der Waals surface area contributed by atoms with Gasteiger partial charge < -0.3 is 15.6 Å². The fourth-order valence-electron chi connectivity index (χ4n) is 1.79. The molecule has 0 radical (unpaired) electrons. The average molecular weight is 273 g/mol. The van der Waals surface area contributed by atoms with Crippen molar-refractivity contribution >= 4 is 9.84 Å². The number of ether oxygens (including phenoxy) is 1. The molecule has 0 spiro atoms. The van der Waals surface area contributed by atoms with Crippen LogP contribution in [0.2, 0.25) is 0 Å². The summed E-state index contributed by atoms with van der Waals surface area (Å²) in [6.07, 6.45) is 0.0936. The number of aliphatic hydroxyl groups is 1. The van der Waals surface area contributed by atoms with Crippen LogP contribution in [-0.4, -0.2) is 45.3 Å². The molecule has 1 aromatic rings. The van der Waals surface area contributed by atoms with E-state index in [-0.39, 0.29) is 12.3 Å². The predicted octanol–water partition coefficient (Wildman–Crippen LogP) is 0.143. The van der Waals surface area contributed by atoms with Gasteiger partial charge in [0.25, 0.3) is 0 Å². The van der Waals surface area contributed by atoms with Gasteiger partial charge in [0.2, 0.25) is 0 Å². The summed E-state index contributed by atoms with van der Waals surface area (Å²) in [6, 6.07) is 7.07. The third-order valence-corrected chi connectivity index (χ3v) is 3.68. The van der Waals surface area contributed by atoms with Gasteiger partial charge in [0.1, 0.15) is 15.6 Å². The second-order valence-electron chi connectivity index (χ2n) is 4.28. The van der Waals surface area contributed by atoms with E-state index in [1.807, 2.05) is 0 Å². The largest absolute Gasteiger partial charge is 0.497 e. The number of benzene rings is 1. The van der Waals surface area contributed by atoms with E-state index in [1.165, 1.54) is 0 Å².